The number of hydrogen-bond donors (Lipinski definition) is 1. The van der Waals surface area contributed by atoms with Crippen molar-refractivity contribution in [2.45, 2.75) is 45.6 Å². The van der Waals surface area contributed by atoms with E-state index < -0.39 is 0 Å². The Morgan fingerprint density at radius 3 is 2.64 bits per heavy atom. The molecule has 3 nitrogen and oxygen atoms in total. The van der Waals surface area contributed by atoms with Gasteiger partial charge in [0.05, 0.1) is 13.2 Å². The molecule has 14 heavy (non-hydrogen) atoms. The van der Waals surface area contributed by atoms with E-state index in [9.17, 15) is 9.90 Å². The molecule has 0 heterocycles. The normalized spacial score (nSPS) is 20.3. The first kappa shape index (κ1) is 13.2. The molecule has 0 aromatic rings. The van der Waals surface area contributed by atoms with Crippen molar-refractivity contribution >= 4 is 5.97 Å². The Labute approximate surface area is 85.8 Å². The third kappa shape index (κ3) is 5.02. The van der Waals surface area contributed by atoms with Gasteiger partial charge in [-0.05, 0) is 12.8 Å². The van der Waals surface area contributed by atoms with Gasteiger partial charge in [-0.1, -0.05) is 26.3 Å². The van der Waals surface area contributed by atoms with Crippen LogP contribution in [-0.4, -0.2) is 24.3 Å². The molecule has 3 heteroatoms. The highest BCUT2D eigenvalue weighted by molar-refractivity contribution is 5.88. The van der Waals surface area contributed by atoms with E-state index in [2.05, 4.69) is 18.6 Å². The molecule has 82 valence electrons. The van der Waals surface area contributed by atoms with Crippen LogP contribution < -0.4 is 0 Å². The highest BCUT2D eigenvalue weighted by atomic mass is 16.5. The Balaban J connectivity index is 0.000000500. The predicted molar refractivity (Wildman–Crippen MR) is 55.9 cm³/mol. The van der Waals surface area contributed by atoms with E-state index in [1.165, 1.54) is 13.5 Å². The summed E-state index contributed by atoms with van der Waals surface area (Å²) in [5, 5.41) is 9.18. The standard InChI is InChI=1S/C8H12O3.C3H8/c1-11-8(10)6-3-2-4-7(9)5-6;1-3-2/h3,7,9H,2,4-5H2,1H3;3H2,1-2H3/t7-;/m0./s1. The summed E-state index contributed by atoms with van der Waals surface area (Å²) in [6.07, 6.45) is 4.67. The summed E-state index contributed by atoms with van der Waals surface area (Å²) >= 11 is 0. The summed E-state index contributed by atoms with van der Waals surface area (Å²) in [6, 6.07) is 0. The van der Waals surface area contributed by atoms with Crippen molar-refractivity contribution in [2.75, 3.05) is 7.11 Å². The van der Waals surface area contributed by atoms with E-state index in [4.69, 9.17) is 0 Å². The third-order valence-electron chi connectivity index (χ3n) is 1.79. The number of aliphatic hydroxyl groups is 1. The fourth-order valence-electron chi connectivity index (χ4n) is 1.19. The predicted octanol–water partition coefficient (Wildman–Crippen LogP) is 2.05. The first-order valence-corrected chi connectivity index (χ1v) is 5.11. The van der Waals surface area contributed by atoms with Crippen molar-refractivity contribution in [3.8, 4) is 0 Å². The molecule has 1 aliphatic carbocycles. The number of methoxy groups -OCH3 is 1. The molecule has 0 unspecified atom stereocenters. The lowest BCUT2D eigenvalue weighted by Crippen LogP contribution is -2.17. The zero-order valence-corrected chi connectivity index (χ0v) is 9.25. The van der Waals surface area contributed by atoms with Crippen LogP contribution in [0.2, 0.25) is 0 Å². The van der Waals surface area contributed by atoms with E-state index in [0.717, 1.165) is 12.8 Å². The van der Waals surface area contributed by atoms with E-state index >= 15 is 0 Å². The van der Waals surface area contributed by atoms with Crippen molar-refractivity contribution in [1.29, 1.82) is 0 Å². The summed E-state index contributed by atoms with van der Waals surface area (Å²) < 4.78 is 4.52. The number of carbonyl (C=O) groups is 1. The van der Waals surface area contributed by atoms with E-state index in [1.807, 2.05) is 6.08 Å². The van der Waals surface area contributed by atoms with Crippen LogP contribution in [0, 0.1) is 0 Å². The SMILES string of the molecule is CCC.COC(=O)C1=CCC[C@H](O)C1. The molecule has 1 aliphatic rings. The maximum absolute atomic E-state index is 10.9. The number of hydrogen-bond acceptors (Lipinski definition) is 3. The van der Waals surface area contributed by atoms with Gasteiger partial charge in [0.2, 0.25) is 0 Å². The van der Waals surface area contributed by atoms with Gasteiger partial charge in [-0.2, -0.15) is 0 Å². The minimum absolute atomic E-state index is 0.316. The van der Waals surface area contributed by atoms with Gasteiger partial charge >= 0.3 is 5.97 Å². The van der Waals surface area contributed by atoms with Crippen LogP contribution in [0.25, 0.3) is 0 Å². The number of esters is 1. The maximum atomic E-state index is 10.9. The van der Waals surface area contributed by atoms with Crippen molar-refractivity contribution in [2.24, 2.45) is 0 Å². The summed E-state index contributed by atoms with van der Waals surface area (Å²) in [7, 11) is 1.35. The molecule has 0 aromatic carbocycles. The Kier molecular flexibility index (Phi) is 7.11. The van der Waals surface area contributed by atoms with Gasteiger partial charge in [0.15, 0.2) is 0 Å². The smallest absolute Gasteiger partial charge is 0.333 e. The largest absolute Gasteiger partial charge is 0.466 e. The minimum Gasteiger partial charge on any atom is -0.466 e. The summed E-state index contributed by atoms with van der Waals surface area (Å²) in [6.45, 7) is 4.25. The van der Waals surface area contributed by atoms with E-state index in [-0.39, 0.29) is 12.1 Å². The molecule has 0 spiro atoms. The molecular weight excluding hydrogens is 180 g/mol. The van der Waals surface area contributed by atoms with E-state index in [0.29, 0.717) is 12.0 Å². The lowest BCUT2D eigenvalue weighted by atomic mass is 9.97. The molecule has 0 saturated carbocycles. The van der Waals surface area contributed by atoms with Crippen LogP contribution in [0.1, 0.15) is 39.5 Å². The molecule has 1 N–H and O–H groups in total. The van der Waals surface area contributed by atoms with E-state index in [1.54, 1.807) is 0 Å². The minimum atomic E-state index is -0.367. The van der Waals surface area contributed by atoms with Gasteiger partial charge < -0.3 is 9.84 Å². The third-order valence-corrected chi connectivity index (χ3v) is 1.79. The first-order chi connectivity index (χ1) is 6.65. The highest BCUT2D eigenvalue weighted by Gasteiger charge is 2.17. The van der Waals surface area contributed by atoms with Crippen LogP contribution in [0.5, 0.6) is 0 Å². The first-order valence-electron chi connectivity index (χ1n) is 5.11. The van der Waals surface area contributed by atoms with Crippen LogP contribution in [0.15, 0.2) is 11.6 Å². The monoisotopic (exact) mass is 200 g/mol. The molecule has 0 saturated heterocycles. The van der Waals surface area contributed by atoms with Gasteiger partial charge in [-0.3, -0.25) is 0 Å². The highest BCUT2D eigenvalue weighted by Crippen LogP contribution is 2.18. The summed E-state index contributed by atoms with van der Waals surface area (Å²) in [4.78, 5) is 10.9. The molecule has 0 amide bonds. The zero-order chi connectivity index (χ0) is 11.0. The Hall–Kier alpha value is -0.830. The van der Waals surface area contributed by atoms with Gasteiger partial charge in [0, 0.05) is 12.0 Å². The van der Waals surface area contributed by atoms with Crippen molar-refractivity contribution in [3.63, 3.8) is 0 Å². The number of allylic oxidation sites excluding steroid dienone is 1. The molecule has 1 atom stereocenters. The Morgan fingerprint density at radius 2 is 2.21 bits per heavy atom. The average Bonchev–Trinajstić information content (AvgIpc) is 2.18. The van der Waals surface area contributed by atoms with Gasteiger partial charge in [0.1, 0.15) is 0 Å². The second-order valence-corrected chi connectivity index (χ2v) is 3.36. The second kappa shape index (κ2) is 7.56. The van der Waals surface area contributed by atoms with Crippen LogP contribution in [0.3, 0.4) is 0 Å². The molecule has 0 fully saturated rings. The van der Waals surface area contributed by atoms with Gasteiger partial charge in [-0.15, -0.1) is 0 Å². The number of aliphatic hydroxyl groups excluding tert-OH is 1. The second-order valence-electron chi connectivity index (χ2n) is 3.36. The van der Waals surface area contributed by atoms with Crippen LogP contribution in [0.4, 0.5) is 0 Å². The lowest BCUT2D eigenvalue weighted by Gasteiger charge is -2.15. The fraction of sp³-hybridized carbons (Fsp3) is 0.727. The average molecular weight is 200 g/mol. The van der Waals surface area contributed by atoms with Gasteiger partial charge in [-0.25, -0.2) is 4.79 Å². The Bertz CT molecular complexity index is 197. The lowest BCUT2D eigenvalue weighted by molar-refractivity contribution is -0.136. The van der Waals surface area contributed by atoms with Crippen molar-refractivity contribution in [1.82, 2.24) is 0 Å². The van der Waals surface area contributed by atoms with Crippen LogP contribution in [-0.2, 0) is 9.53 Å². The Morgan fingerprint density at radius 1 is 1.64 bits per heavy atom. The summed E-state index contributed by atoms with van der Waals surface area (Å²) in [5.41, 5.74) is 0.603. The van der Waals surface area contributed by atoms with Crippen LogP contribution >= 0.6 is 0 Å². The maximum Gasteiger partial charge on any atom is 0.333 e. The molecule has 0 aromatic heterocycles. The number of ether oxygens (including phenoxy) is 1. The fourth-order valence-corrected chi connectivity index (χ4v) is 1.19. The molecule has 0 aliphatic heterocycles. The number of carbonyl (C=O) groups excluding carboxylic acids is 1. The summed E-state index contributed by atoms with van der Waals surface area (Å²) in [5.74, 6) is -0.316. The topological polar surface area (TPSA) is 46.5 Å². The van der Waals surface area contributed by atoms with Crippen molar-refractivity contribution < 1.29 is 14.6 Å². The molecular formula is C11H20O3. The number of rotatable bonds is 1. The molecule has 0 bridgehead atoms. The quantitative estimate of drug-likeness (QED) is 0.659. The van der Waals surface area contributed by atoms with Crippen molar-refractivity contribution in [3.05, 3.63) is 11.6 Å². The molecule has 0 radical (unpaired) electrons. The zero-order valence-electron chi connectivity index (χ0n) is 9.25. The molecule has 1 rings (SSSR count). The van der Waals surface area contributed by atoms with Gasteiger partial charge in [0.25, 0.3) is 0 Å².